The van der Waals surface area contributed by atoms with E-state index in [1.54, 1.807) is 0 Å². The summed E-state index contributed by atoms with van der Waals surface area (Å²) in [4.78, 5) is 18.1. The van der Waals surface area contributed by atoms with E-state index in [1.165, 1.54) is 24.2 Å². The molecule has 1 aromatic carbocycles. The minimum absolute atomic E-state index is 0.0171. The van der Waals surface area contributed by atoms with Crippen LogP contribution in [0.15, 0.2) is 24.3 Å². The Morgan fingerprint density at radius 2 is 1.96 bits per heavy atom. The lowest BCUT2D eigenvalue weighted by Crippen LogP contribution is -2.48. The van der Waals surface area contributed by atoms with E-state index in [0.717, 1.165) is 39.7 Å². The number of rotatable bonds is 5. The summed E-state index contributed by atoms with van der Waals surface area (Å²) in [5, 5.41) is 7.73. The first kappa shape index (κ1) is 17.5. The first-order valence-electron chi connectivity index (χ1n) is 9.40. The number of aromatic nitrogens is 1. The maximum Gasteiger partial charge on any atom is 0.263 e. The molecule has 0 radical (unpaired) electrons. The molecule has 0 spiro atoms. The van der Waals surface area contributed by atoms with E-state index in [9.17, 15) is 4.79 Å². The minimum Gasteiger partial charge on any atom is -0.494 e. The number of nitrogens with one attached hydrogen (secondary N) is 2. The summed E-state index contributed by atoms with van der Waals surface area (Å²) in [6.45, 7) is 4.53. The molecular weight excluding hydrogens is 346 g/mol. The Balaban J connectivity index is 1.46. The maximum atomic E-state index is 12.8. The summed E-state index contributed by atoms with van der Waals surface area (Å²) in [6.07, 6.45) is 4.54. The average molecular weight is 372 g/mol. The van der Waals surface area contributed by atoms with Gasteiger partial charge in [-0.1, -0.05) is 0 Å². The second-order valence-corrected chi connectivity index (χ2v) is 8.17. The van der Waals surface area contributed by atoms with Gasteiger partial charge in [0.15, 0.2) is 0 Å². The highest BCUT2D eigenvalue weighted by molar-refractivity contribution is 7.17. The zero-order valence-electron chi connectivity index (χ0n) is 15.2. The van der Waals surface area contributed by atoms with Crippen molar-refractivity contribution in [2.45, 2.75) is 57.7 Å². The van der Waals surface area contributed by atoms with E-state index < -0.39 is 0 Å². The van der Waals surface area contributed by atoms with Crippen molar-refractivity contribution in [3.8, 4) is 16.3 Å². The van der Waals surface area contributed by atoms with Crippen LogP contribution in [0, 0.1) is 6.92 Å². The van der Waals surface area contributed by atoms with Crippen LogP contribution in [0.2, 0.25) is 0 Å². The molecule has 1 amide bonds. The number of fused-ring (bicyclic) bond motifs is 2. The van der Waals surface area contributed by atoms with Gasteiger partial charge in [-0.15, -0.1) is 11.3 Å². The molecule has 0 saturated carbocycles. The third-order valence-corrected chi connectivity index (χ3v) is 6.43. The Hall–Kier alpha value is -1.92. The summed E-state index contributed by atoms with van der Waals surface area (Å²) >= 11 is 1.47. The van der Waals surface area contributed by atoms with Gasteiger partial charge in [-0.05, 0) is 63.8 Å². The fourth-order valence-electron chi connectivity index (χ4n) is 4.02. The first-order chi connectivity index (χ1) is 12.6. The molecule has 2 fully saturated rings. The minimum atomic E-state index is 0.0171. The highest BCUT2D eigenvalue weighted by Gasteiger charge is 2.34. The monoisotopic (exact) mass is 371 g/mol. The number of piperidine rings is 1. The zero-order chi connectivity index (χ0) is 18.1. The second-order valence-electron chi connectivity index (χ2n) is 7.17. The van der Waals surface area contributed by atoms with Gasteiger partial charge >= 0.3 is 0 Å². The smallest absolute Gasteiger partial charge is 0.263 e. The number of thiazole rings is 1. The van der Waals surface area contributed by atoms with E-state index in [2.05, 4.69) is 15.6 Å². The summed E-state index contributed by atoms with van der Waals surface area (Å²) in [5.41, 5.74) is 1.81. The zero-order valence-corrected chi connectivity index (χ0v) is 16.1. The Labute approximate surface area is 158 Å². The summed E-state index contributed by atoms with van der Waals surface area (Å²) in [7, 11) is 0. The standard InChI is InChI=1S/C20H25N3O2S/c1-3-25-17-8-4-13(5-9-17)20-21-12(2)18(26-20)19(24)23-16-10-14-6-7-15(11-16)22-14/h4-5,8-9,14-16,22H,3,6-7,10-11H2,1-2H3,(H,23,24). The van der Waals surface area contributed by atoms with E-state index >= 15 is 0 Å². The van der Waals surface area contributed by atoms with Crippen LogP contribution in [-0.4, -0.2) is 35.6 Å². The molecule has 2 unspecified atom stereocenters. The lowest BCUT2D eigenvalue weighted by molar-refractivity contribution is 0.0927. The Kier molecular flexibility index (Phi) is 4.96. The summed E-state index contributed by atoms with van der Waals surface area (Å²) < 4.78 is 5.48. The van der Waals surface area contributed by atoms with Crippen molar-refractivity contribution in [2.24, 2.45) is 0 Å². The van der Waals surface area contributed by atoms with Crippen LogP contribution >= 0.6 is 11.3 Å². The average Bonchev–Trinajstić information content (AvgIpc) is 3.18. The number of aryl methyl sites for hydroxylation is 1. The SMILES string of the molecule is CCOc1ccc(-c2nc(C)c(C(=O)NC3CC4CCC(C3)N4)s2)cc1. The van der Waals surface area contributed by atoms with Crippen molar-refractivity contribution >= 4 is 17.2 Å². The quantitative estimate of drug-likeness (QED) is 0.844. The van der Waals surface area contributed by atoms with Gasteiger partial charge in [0.1, 0.15) is 15.6 Å². The van der Waals surface area contributed by atoms with Crippen LogP contribution in [0.4, 0.5) is 0 Å². The second kappa shape index (κ2) is 7.37. The van der Waals surface area contributed by atoms with Crippen molar-refractivity contribution in [1.82, 2.24) is 15.6 Å². The molecule has 1 aromatic heterocycles. The number of hydrogen-bond donors (Lipinski definition) is 2. The van der Waals surface area contributed by atoms with Crippen LogP contribution in [-0.2, 0) is 0 Å². The number of amides is 1. The first-order valence-corrected chi connectivity index (χ1v) is 10.2. The molecule has 2 N–H and O–H groups in total. The topological polar surface area (TPSA) is 63.2 Å². The van der Waals surface area contributed by atoms with E-state index in [4.69, 9.17) is 4.74 Å². The van der Waals surface area contributed by atoms with E-state index in [1.807, 2.05) is 38.1 Å². The van der Waals surface area contributed by atoms with Crippen molar-refractivity contribution < 1.29 is 9.53 Å². The molecule has 2 aliphatic rings. The predicted octanol–water partition coefficient (Wildman–Crippen LogP) is 3.53. The summed E-state index contributed by atoms with van der Waals surface area (Å²) in [5.74, 6) is 0.867. The van der Waals surface area contributed by atoms with Gasteiger partial charge in [-0.3, -0.25) is 4.79 Å². The lowest BCUT2D eigenvalue weighted by atomic mass is 10.00. The number of benzene rings is 1. The van der Waals surface area contributed by atoms with Gasteiger partial charge in [-0.2, -0.15) is 0 Å². The molecule has 2 bridgehead atoms. The molecule has 4 rings (SSSR count). The number of nitrogens with zero attached hydrogens (tertiary/aromatic N) is 1. The van der Waals surface area contributed by atoms with Crippen molar-refractivity contribution in [2.75, 3.05) is 6.61 Å². The molecule has 5 nitrogen and oxygen atoms in total. The Morgan fingerprint density at radius 1 is 1.27 bits per heavy atom. The molecule has 2 aromatic rings. The van der Waals surface area contributed by atoms with Gasteiger partial charge in [-0.25, -0.2) is 4.98 Å². The number of hydrogen-bond acceptors (Lipinski definition) is 5. The summed E-state index contributed by atoms with van der Waals surface area (Å²) in [6, 6.07) is 9.30. The Bertz CT molecular complexity index is 775. The predicted molar refractivity (Wildman–Crippen MR) is 104 cm³/mol. The van der Waals surface area contributed by atoms with Crippen LogP contribution in [0.1, 0.15) is 48.0 Å². The fraction of sp³-hybridized carbons (Fsp3) is 0.500. The number of carbonyl (C=O) groups excluding carboxylic acids is 1. The van der Waals surface area contributed by atoms with Gasteiger partial charge in [0.2, 0.25) is 0 Å². The highest BCUT2D eigenvalue weighted by atomic mass is 32.1. The normalized spacial score (nSPS) is 24.5. The van der Waals surface area contributed by atoms with Crippen LogP contribution in [0.3, 0.4) is 0 Å². The van der Waals surface area contributed by atoms with E-state index in [0.29, 0.717) is 18.7 Å². The Morgan fingerprint density at radius 3 is 2.62 bits per heavy atom. The highest BCUT2D eigenvalue weighted by Crippen LogP contribution is 2.30. The third kappa shape index (κ3) is 3.62. The largest absolute Gasteiger partial charge is 0.494 e. The third-order valence-electron chi connectivity index (χ3n) is 5.22. The molecule has 3 heterocycles. The molecule has 0 aliphatic carbocycles. The van der Waals surface area contributed by atoms with Gasteiger partial charge < -0.3 is 15.4 Å². The van der Waals surface area contributed by atoms with Crippen LogP contribution < -0.4 is 15.4 Å². The van der Waals surface area contributed by atoms with Crippen molar-refractivity contribution in [1.29, 1.82) is 0 Å². The molecule has 138 valence electrons. The molecular formula is C20H25N3O2S. The molecule has 2 saturated heterocycles. The number of ether oxygens (including phenoxy) is 1. The number of carbonyl (C=O) groups is 1. The fourth-order valence-corrected chi connectivity index (χ4v) is 4.99. The van der Waals surface area contributed by atoms with E-state index in [-0.39, 0.29) is 11.9 Å². The maximum absolute atomic E-state index is 12.8. The van der Waals surface area contributed by atoms with Gasteiger partial charge in [0.05, 0.1) is 12.3 Å². The molecule has 6 heteroatoms. The van der Waals surface area contributed by atoms with Gasteiger partial charge in [0, 0.05) is 23.7 Å². The van der Waals surface area contributed by atoms with Crippen LogP contribution in [0.5, 0.6) is 5.75 Å². The van der Waals surface area contributed by atoms with Gasteiger partial charge in [0.25, 0.3) is 5.91 Å². The molecule has 2 atom stereocenters. The van der Waals surface area contributed by atoms with Crippen molar-refractivity contribution in [3.63, 3.8) is 0 Å². The molecule has 26 heavy (non-hydrogen) atoms. The lowest BCUT2D eigenvalue weighted by Gasteiger charge is -2.29. The molecule has 2 aliphatic heterocycles. The van der Waals surface area contributed by atoms with Crippen LogP contribution in [0.25, 0.3) is 10.6 Å². The van der Waals surface area contributed by atoms with Crippen molar-refractivity contribution in [3.05, 3.63) is 34.8 Å².